The molecule has 2 fully saturated rings. The van der Waals surface area contributed by atoms with E-state index in [1.54, 1.807) is 0 Å². The second-order valence-corrected chi connectivity index (χ2v) is 7.99. The zero-order valence-electron chi connectivity index (χ0n) is 14.9. The van der Waals surface area contributed by atoms with Gasteiger partial charge in [0.1, 0.15) is 0 Å². The molecule has 2 rings (SSSR count). The smallest absolute Gasteiger partial charge is 0.151 e. The maximum absolute atomic E-state index is 9.06. The van der Waals surface area contributed by atoms with Crippen LogP contribution in [0.1, 0.15) is 38.5 Å². The number of rotatable bonds is 9. The molecule has 5 nitrogen and oxygen atoms in total. The molecule has 0 aromatic heterocycles. The Hall–Kier alpha value is 0.380. The Bertz CT molecular complexity index is 370. The van der Waals surface area contributed by atoms with Crippen LogP contribution in [-0.4, -0.2) is 94.4 Å². The number of hydrogen-bond donors (Lipinski definition) is 2. The molecule has 142 valence electrons. The first kappa shape index (κ1) is 20.7. The minimum absolute atomic E-state index is 0.395. The lowest BCUT2D eigenvalue weighted by Gasteiger charge is -2.40. The van der Waals surface area contributed by atoms with Crippen LogP contribution in [-0.2, 0) is 0 Å². The first-order valence-electron chi connectivity index (χ1n) is 9.15. The summed E-state index contributed by atoms with van der Waals surface area (Å²) in [4.78, 5) is 7.46. The average molecular weight is 382 g/mol. The van der Waals surface area contributed by atoms with Gasteiger partial charge in [-0.3, -0.25) is 14.7 Å². The summed E-state index contributed by atoms with van der Waals surface area (Å²) in [5, 5.41) is 18.1. The van der Waals surface area contributed by atoms with Crippen LogP contribution in [0.2, 0.25) is 0 Å². The maximum Gasteiger partial charge on any atom is 0.151 e. The molecule has 2 N–H and O–H groups in total. The van der Waals surface area contributed by atoms with Crippen molar-refractivity contribution in [1.29, 1.82) is 0 Å². The molecule has 1 aliphatic carbocycles. The Kier molecular flexibility index (Phi) is 8.54. The van der Waals surface area contributed by atoms with Crippen LogP contribution in [0, 0.1) is 0 Å². The van der Waals surface area contributed by atoms with Gasteiger partial charge < -0.3 is 10.2 Å². The van der Waals surface area contributed by atoms with Gasteiger partial charge in [0, 0.05) is 43.0 Å². The minimum atomic E-state index is -1.19. The van der Waals surface area contributed by atoms with Gasteiger partial charge >= 0.3 is 0 Å². The summed E-state index contributed by atoms with van der Waals surface area (Å²) < 4.78 is 0. The molecule has 0 amide bonds. The molecule has 0 aromatic carbocycles. The number of likely N-dealkylation sites (N-methyl/N-ethyl adjacent to an activating group) is 2. The van der Waals surface area contributed by atoms with Crippen LogP contribution < -0.4 is 0 Å². The summed E-state index contributed by atoms with van der Waals surface area (Å²) in [6.07, 6.45) is 5.06. The molecular formula is C17H33Cl2N3O2. The van der Waals surface area contributed by atoms with Crippen LogP contribution in [0.5, 0.6) is 0 Å². The van der Waals surface area contributed by atoms with Crippen molar-refractivity contribution < 1.29 is 10.2 Å². The van der Waals surface area contributed by atoms with E-state index in [-0.39, 0.29) is 0 Å². The van der Waals surface area contributed by atoms with Gasteiger partial charge in [-0.15, -0.1) is 23.2 Å². The van der Waals surface area contributed by atoms with E-state index in [1.807, 2.05) is 0 Å². The van der Waals surface area contributed by atoms with E-state index >= 15 is 0 Å². The largest absolute Gasteiger partial charge is 0.368 e. The molecule has 1 aliphatic heterocycles. The number of halogens is 2. The molecule has 0 radical (unpaired) electrons. The Balaban J connectivity index is 1.95. The molecule has 24 heavy (non-hydrogen) atoms. The number of aliphatic hydroxyl groups excluding tert-OH is 1. The summed E-state index contributed by atoms with van der Waals surface area (Å²) in [5.41, 5.74) is 0. The molecule has 1 saturated carbocycles. The van der Waals surface area contributed by atoms with Crippen LogP contribution in [0.25, 0.3) is 0 Å². The van der Waals surface area contributed by atoms with Crippen LogP contribution in [0.3, 0.4) is 0 Å². The number of aliphatic hydroxyl groups is 2. The maximum atomic E-state index is 9.06. The van der Waals surface area contributed by atoms with Crippen molar-refractivity contribution in [3.8, 4) is 0 Å². The normalized spacial score (nSPS) is 32.0. The third-order valence-electron chi connectivity index (χ3n) is 5.92. The Labute approximate surface area is 156 Å². The lowest BCUT2D eigenvalue weighted by Crippen LogP contribution is -2.49. The minimum Gasteiger partial charge on any atom is -0.368 e. The highest BCUT2D eigenvalue weighted by atomic mass is 35.5. The Morgan fingerprint density at radius 3 is 2.25 bits per heavy atom. The van der Waals surface area contributed by atoms with Crippen molar-refractivity contribution in [3.63, 3.8) is 0 Å². The summed E-state index contributed by atoms with van der Waals surface area (Å²) >= 11 is 12.0. The summed E-state index contributed by atoms with van der Waals surface area (Å²) in [5.74, 6) is 1.31. The Morgan fingerprint density at radius 1 is 1.04 bits per heavy atom. The van der Waals surface area contributed by atoms with Crippen molar-refractivity contribution in [2.24, 2.45) is 0 Å². The van der Waals surface area contributed by atoms with E-state index < -0.39 is 6.29 Å². The summed E-state index contributed by atoms with van der Waals surface area (Å²) in [6.45, 7) is 1.82. The van der Waals surface area contributed by atoms with E-state index in [0.717, 1.165) is 25.9 Å². The molecule has 4 atom stereocenters. The van der Waals surface area contributed by atoms with Gasteiger partial charge in [-0.25, -0.2) is 0 Å². The van der Waals surface area contributed by atoms with E-state index in [1.165, 1.54) is 19.3 Å². The van der Waals surface area contributed by atoms with E-state index in [0.29, 0.717) is 42.5 Å². The second kappa shape index (κ2) is 9.91. The lowest BCUT2D eigenvalue weighted by atomic mass is 9.86. The number of fused-ring (bicyclic) bond motifs is 1. The highest BCUT2D eigenvalue weighted by molar-refractivity contribution is 6.18. The van der Waals surface area contributed by atoms with Crippen LogP contribution in [0.15, 0.2) is 0 Å². The highest BCUT2D eigenvalue weighted by Crippen LogP contribution is 2.37. The lowest BCUT2D eigenvalue weighted by molar-refractivity contribution is -0.0482. The molecule has 7 heteroatoms. The standard InChI is InChI=1S/C17H33Cl2N3O2/c1-20-14-7-6-13(22(10-8-18)11-9-19)12-15(14)21(2)16(20)4-3-5-17(23)24/h13-17,23-24H,3-12H2,1-2H3. The first-order chi connectivity index (χ1) is 11.5. The topological polar surface area (TPSA) is 50.2 Å². The quantitative estimate of drug-likeness (QED) is 0.470. The number of nitrogens with zero attached hydrogens (tertiary/aromatic N) is 3. The van der Waals surface area contributed by atoms with Crippen molar-refractivity contribution in [3.05, 3.63) is 0 Å². The van der Waals surface area contributed by atoms with Gasteiger partial charge in [0.2, 0.25) is 0 Å². The van der Waals surface area contributed by atoms with E-state index in [2.05, 4.69) is 28.8 Å². The molecular weight excluding hydrogens is 349 g/mol. The summed E-state index contributed by atoms with van der Waals surface area (Å²) in [6, 6.07) is 1.73. The van der Waals surface area contributed by atoms with Crippen LogP contribution in [0.4, 0.5) is 0 Å². The predicted molar refractivity (Wildman–Crippen MR) is 99.6 cm³/mol. The second-order valence-electron chi connectivity index (χ2n) is 7.24. The van der Waals surface area contributed by atoms with Gasteiger partial charge in [-0.05, 0) is 52.6 Å². The van der Waals surface area contributed by atoms with Gasteiger partial charge in [-0.2, -0.15) is 0 Å². The van der Waals surface area contributed by atoms with Gasteiger partial charge in [-0.1, -0.05) is 0 Å². The fourth-order valence-corrected chi connectivity index (χ4v) is 5.10. The zero-order valence-corrected chi connectivity index (χ0v) is 16.5. The molecule has 0 spiro atoms. The fourth-order valence-electron chi connectivity index (χ4n) is 4.67. The predicted octanol–water partition coefficient (Wildman–Crippen LogP) is 1.74. The molecule has 0 bridgehead atoms. The van der Waals surface area contributed by atoms with E-state index in [4.69, 9.17) is 33.4 Å². The molecule has 2 aliphatic rings. The van der Waals surface area contributed by atoms with E-state index in [9.17, 15) is 0 Å². The third kappa shape index (κ3) is 4.97. The van der Waals surface area contributed by atoms with Gasteiger partial charge in [0.15, 0.2) is 6.29 Å². The van der Waals surface area contributed by atoms with Crippen molar-refractivity contribution >= 4 is 23.2 Å². The monoisotopic (exact) mass is 381 g/mol. The molecule has 0 aromatic rings. The van der Waals surface area contributed by atoms with Crippen molar-refractivity contribution in [2.75, 3.05) is 38.9 Å². The molecule has 4 unspecified atom stereocenters. The Morgan fingerprint density at radius 2 is 1.67 bits per heavy atom. The summed E-state index contributed by atoms with van der Waals surface area (Å²) in [7, 11) is 4.44. The average Bonchev–Trinajstić information content (AvgIpc) is 2.79. The van der Waals surface area contributed by atoms with Gasteiger partial charge in [0.25, 0.3) is 0 Å². The first-order valence-corrected chi connectivity index (χ1v) is 10.2. The third-order valence-corrected chi connectivity index (χ3v) is 6.26. The van der Waals surface area contributed by atoms with Crippen LogP contribution >= 0.6 is 23.2 Å². The molecule has 1 saturated heterocycles. The number of hydrogen-bond acceptors (Lipinski definition) is 5. The van der Waals surface area contributed by atoms with Crippen molar-refractivity contribution in [2.45, 2.75) is 69.1 Å². The highest BCUT2D eigenvalue weighted by Gasteiger charge is 2.46. The fraction of sp³-hybridized carbons (Fsp3) is 1.00. The SMILES string of the molecule is CN1C2CCC(N(CCCl)CCCl)CC2N(C)C1CCCC(O)O. The van der Waals surface area contributed by atoms with Gasteiger partial charge in [0.05, 0.1) is 6.17 Å². The zero-order chi connectivity index (χ0) is 17.7. The number of alkyl halides is 2. The molecule has 1 heterocycles. The van der Waals surface area contributed by atoms with Crippen molar-refractivity contribution in [1.82, 2.24) is 14.7 Å².